The number of allylic oxidation sites excluding steroid dienone is 1. The fraction of sp³-hybridized carbons (Fsp3) is 0.312. The summed E-state index contributed by atoms with van der Waals surface area (Å²) in [7, 11) is 1.03. The predicted octanol–water partition coefficient (Wildman–Crippen LogP) is 0.569. The second kappa shape index (κ2) is 9.77. The van der Waals surface area contributed by atoms with Crippen LogP contribution >= 0.6 is 0 Å². The zero-order chi connectivity index (χ0) is 22.3. The molecule has 2 atom stereocenters. The highest BCUT2D eigenvalue weighted by molar-refractivity contribution is 5.98. The van der Waals surface area contributed by atoms with Crippen LogP contribution in [0.2, 0.25) is 0 Å². The van der Waals surface area contributed by atoms with Crippen LogP contribution in [0.15, 0.2) is 30.0 Å². The molecular weight excluding hydrogens is 392 g/mol. The van der Waals surface area contributed by atoms with Crippen LogP contribution in [0.1, 0.15) is 24.2 Å². The van der Waals surface area contributed by atoms with Crippen LogP contribution in [0, 0.1) is 20.2 Å². The van der Waals surface area contributed by atoms with Gasteiger partial charge in [0.15, 0.2) is 6.04 Å². The highest BCUT2D eigenvalue weighted by Crippen LogP contribution is 2.23. The number of hydrogen-bond donors (Lipinski definition) is 2. The lowest BCUT2D eigenvalue weighted by molar-refractivity contribution is -0.394. The topological polar surface area (TPSA) is 194 Å². The van der Waals surface area contributed by atoms with Crippen molar-refractivity contribution in [2.75, 3.05) is 7.11 Å². The van der Waals surface area contributed by atoms with Gasteiger partial charge in [0.05, 0.1) is 28.6 Å². The van der Waals surface area contributed by atoms with Crippen molar-refractivity contribution in [3.63, 3.8) is 0 Å². The quantitative estimate of drug-likeness (QED) is 0.265. The Labute approximate surface area is 163 Å². The van der Waals surface area contributed by atoms with E-state index in [4.69, 9.17) is 10.5 Å². The molecule has 1 rings (SSSR count). The predicted molar refractivity (Wildman–Crippen MR) is 96.5 cm³/mol. The Balaban J connectivity index is 3.17. The third-order valence-corrected chi connectivity index (χ3v) is 3.45. The molecule has 0 aliphatic carbocycles. The highest BCUT2D eigenvalue weighted by atomic mass is 16.6. The first kappa shape index (κ1) is 23.0. The van der Waals surface area contributed by atoms with Gasteiger partial charge in [0.2, 0.25) is 0 Å². The van der Waals surface area contributed by atoms with Crippen LogP contribution in [0.25, 0.3) is 0 Å². The van der Waals surface area contributed by atoms with Gasteiger partial charge in [-0.2, -0.15) is 0 Å². The first-order valence-corrected chi connectivity index (χ1v) is 7.93. The molecule has 156 valence electrons. The van der Waals surface area contributed by atoms with Gasteiger partial charge in [-0.3, -0.25) is 25.0 Å². The second-order valence-electron chi connectivity index (χ2n) is 5.76. The highest BCUT2D eigenvalue weighted by Gasteiger charge is 2.31. The maximum Gasteiger partial charge on any atom is 0.332 e. The number of esters is 2. The Morgan fingerprint density at radius 2 is 1.66 bits per heavy atom. The van der Waals surface area contributed by atoms with Crippen LogP contribution in [-0.2, 0) is 19.1 Å². The molecule has 0 fully saturated rings. The number of benzene rings is 1. The van der Waals surface area contributed by atoms with Gasteiger partial charge in [-0.25, -0.2) is 9.59 Å². The van der Waals surface area contributed by atoms with Crippen LogP contribution in [-0.4, -0.2) is 46.9 Å². The van der Waals surface area contributed by atoms with E-state index in [1.807, 2.05) is 0 Å². The van der Waals surface area contributed by atoms with Gasteiger partial charge < -0.3 is 20.5 Å². The minimum Gasteiger partial charge on any atom is -0.467 e. The van der Waals surface area contributed by atoms with E-state index >= 15 is 0 Å². The lowest BCUT2D eigenvalue weighted by Gasteiger charge is -2.22. The summed E-state index contributed by atoms with van der Waals surface area (Å²) in [6.07, 6.45) is -0.264. The summed E-state index contributed by atoms with van der Waals surface area (Å²) in [5.74, 6) is -2.92. The van der Waals surface area contributed by atoms with Crippen molar-refractivity contribution in [1.82, 2.24) is 5.32 Å². The third kappa shape index (κ3) is 6.57. The number of nitrogens with zero attached hydrogens (tertiary/aromatic N) is 2. The van der Waals surface area contributed by atoms with E-state index in [-0.39, 0.29) is 5.70 Å². The molecule has 0 aliphatic heterocycles. The molecule has 13 nitrogen and oxygen atoms in total. The van der Waals surface area contributed by atoms with Gasteiger partial charge >= 0.3 is 11.9 Å². The van der Waals surface area contributed by atoms with Gasteiger partial charge in [0.25, 0.3) is 17.3 Å². The van der Waals surface area contributed by atoms with Gasteiger partial charge in [0, 0.05) is 23.9 Å². The largest absolute Gasteiger partial charge is 0.467 e. The molecule has 1 aromatic rings. The molecule has 0 saturated heterocycles. The number of nitro groups is 2. The van der Waals surface area contributed by atoms with E-state index in [1.54, 1.807) is 0 Å². The fourth-order valence-corrected chi connectivity index (χ4v) is 2.13. The number of hydrogen-bond acceptors (Lipinski definition) is 10. The molecule has 1 aromatic carbocycles. The molecule has 0 unspecified atom stereocenters. The zero-order valence-corrected chi connectivity index (χ0v) is 15.6. The number of nitrogens with one attached hydrogen (secondary N) is 1. The standard InChI is InChI=1S/C16H18N4O9/c1-8(17)4-13(21)29-9(2)14(16(23)28-3)18-15(22)10-5-11(19(24)25)7-12(6-10)20(26)27/h4-7,9,14H,17H2,1-3H3,(H,18,22)/b8-4+/t9-,14+/m0/s1. The number of nitrogens with two attached hydrogens (primary N) is 1. The zero-order valence-electron chi connectivity index (χ0n) is 15.6. The van der Waals surface area contributed by atoms with E-state index in [0.29, 0.717) is 6.07 Å². The molecule has 0 aliphatic rings. The van der Waals surface area contributed by atoms with Gasteiger partial charge in [-0.15, -0.1) is 0 Å². The number of rotatable bonds is 8. The normalized spacial score (nSPS) is 13.0. The molecule has 0 saturated carbocycles. The maximum absolute atomic E-state index is 12.5. The van der Waals surface area contributed by atoms with Gasteiger partial charge in [0.1, 0.15) is 6.10 Å². The Kier molecular flexibility index (Phi) is 7.76. The third-order valence-electron chi connectivity index (χ3n) is 3.45. The van der Waals surface area contributed by atoms with E-state index in [9.17, 15) is 34.6 Å². The maximum atomic E-state index is 12.5. The van der Waals surface area contributed by atoms with E-state index in [0.717, 1.165) is 25.3 Å². The number of carbonyl (C=O) groups is 3. The number of amides is 1. The summed E-state index contributed by atoms with van der Waals surface area (Å²) in [4.78, 5) is 56.2. The van der Waals surface area contributed by atoms with E-state index in [2.05, 4.69) is 10.1 Å². The number of methoxy groups -OCH3 is 1. The summed E-state index contributed by atoms with van der Waals surface area (Å²) in [6.45, 7) is 2.72. The first-order valence-electron chi connectivity index (χ1n) is 7.93. The average molecular weight is 410 g/mol. The van der Waals surface area contributed by atoms with Crippen LogP contribution in [0.5, 0.6) is 0 Å². The number of nitro benzene ring substituents is 2. The van der Waals surface area contributed by atoms with Crippen molar-refractivity contribution >= 4 is 29.2 Å². The molecule has 0 spiro atoms. The summed E-state index contributed by atoms with van der Waals surface area (Å²) in [5, 5.41) is 24.1. The molecule has 29 heavy (non-hydrogen) atoms. The number of carbonyl (C=O) groups excluding carboxylic acids is 3. The lowest BCUT2D eigenvalue weighted by Crippen LogP contribution is -2.49. The number of ether oxygens (including phenoxy) is 2. The minimum atomic E-state index is -1.50. The summed E-state index contributed by atoms with van der Waals surface area (Å²) < 4.78 is 9.53. The molecule has 0 radical (unpaired) electrons. The van der Waals surface area contributed by atoms with Crippen LogP contribution < -0.4 is 11.1 Å². The summed E-state index contributed by atoms with van der Waals surface area (Å²) in [5.41, 5.74) is 3.66. The number of non-ortho nitro benzene ring substituents is 2. The van der Waals surface area contributed by atoms with E-state index in [1.165, 1.54) is 13.8 Å². The van der Waals surface area contributed by atoms with Crippen molar-refractivity contribution in [3.05, 3.63) is 55.8 Å². The average Bonchev–Trinajstić information content (AvgIpc) is 2.63. The molecule has 0 aromatic heterocycles. The van der Waals surface area contributed by atoms with Crippen molar-refractivity contribution < 1.29 is 33.7 Å². The molecule has 3 N–H and O–H groups in total. The lowest BCUT2D eigenvalue weighted by atomic mass is 10.1. The Morgan fingerprint density at radius 3 is 2.07 bits per heavy atom. The van der Waals surface area contributed by atoms with Crippen LogP contribution in [0.4, 0.5) is 11.4 Å². The van der Waals surface area contributed by atoms with Crippen molar-refractivity contribution in [2.45, 2.75) is 26.0 Å². The summed E-state index contributed by atoms with van der Waals surface area (Å²) in [6, 6.07) is 0.781. The molecule has 0 bridgehead atoms. The Morgan fingerprint density at radius 1 is 1.14 bits per heavy atom. The summed E-state index contributed by atoms with van der Waals surface area (Å²) >= 11 is 0. The molecular formula is C16H18N4O9. The molecule has 13 heteroatoms. The van der Waals surface area contributed by atoms with Crippen LogP contribution in [0.3, 0.4) is 0 Å². The van der Waals surface area contributed by atoms with Gasteiger partial charge in [-0.05, 0) is 13.8 Å². The van der Waals surface area contributed by atoms with Crippen molar-refractivity contribution in [1.29, 1.82) is 0 Å². The van der Waals surface area contributed by atoms with Crippen molar-refractivity contribution in [3.8, 4) is 0 Å². The molecule has 1 amide bonds. The SMILES string of the molecule is COC(=O)[C@H](NC(=O)c1cc([N+](=O)[O-])cc([N+](=O)[O-])c1)[C@H](C)OC(=O)/C=C(\C)N. The second-order valence-corrected chi connectivity index (χ2v) is 5.76. The van der Waals surface area contributed by atoms with E-state index < -0.39 is 56.8 Å². The minimum absolute atomic E-state index is 0.143. The molecule has 0 heterocycles. The fourth-order valence-electron chi connectivity index (χ4n) is 2.13. The Hall–Kier alpha value is -4.03. The monoisotopic (exact) mass is 410 g/mol. The Bertz CT molecular complexity index is 845. The smallest absolute Gasteiger partial charge is 0.332 e. The van der Waals surface area contributed by atoms with Crippen molar-refractivity contribution in [2.24, 2.45) is 5.73 Å². The van der Waals surface area contributed by atoms with Gasteiger partial charge in [-0.1, -0.05) is 0 Å². The first-order chi connectivity index (χ1) is 13.5.